The van der Waals surface area contributed by atoms with E-state index in [0.29, 0.717) is 24.6 Å². The fraction of sp³-hybridized carbons (Fsp3) is 0.368. The standard InChI is InChI=1S/C19H25NO4/c1-13-15(6-5-7-17(13)22-2)11-20-12-16(21)14-8-9-18(23-3)19(10-14)24-4/h5-10,16,20-21H,11-12H2,1-4H3. The molecule has 0 aliphatic heterocycles. The van der Waals surface area contributed by atoms with Gasteiger partial charge in [-0.15, -0.1) is 0 Å². The Labute approximate surface area is 143 Å². The fourth-order valence-corrected chi connectivity index (χ4v) is 2.59. The summed E-state index contributed by atoms with van der Waals surface area (Å²) < 4.78 is 15.8. The lowest BCUT2D eigenvalue weighted by atomic mass is 10.1. The van der Waals surface area contributed by atoms with Crippen LogP contribution in [0.3, 0.4) is 0 Å². The molecule has 2 rings (SSSR count). The van der Waals surface area contributed by atoms with Gasteiger partial charge < -0.3 is 24.6 Å². The summed E-state index contributed by atoms with van der Waals surface area (Å²) in [6.07, 6.45) is -0.629. The third kappa shape index (κ3) is 4.19. The van der Waals surface area contributed by atoms with Gasteiger partial charge in [-0.05, 0) is 41.8 Å². The number of rotatable bonds is 8. The highest BCUT2D eigenvalue weighted by molar-refractivity contribution is 5.43. The molecule has 0 fully saturated rings. The van der Waals surface area contributed by atoms with E-state index in [0.717, 1.165) is 22.4 Å². The predicted molar refractivity (Wildman–Crippen MR) is 93.9 cm³/mol. The van der Waals surface area contributed by atoms with Crippen LogP contribution in [0, 0.1) is 6.92 Å². The van der Waals surface area contributed by atoms with Crippen molar-refractivity contribution in [3.8, 4) is 17.2 Å². The van der Waals surface area contributed by atoms with Crippen molar-refractivity contribution >= 4 is 0 Å². The highest BCUT2D eigenvalue weighted by atomic mass is 16.5. The minimum absolute atomic E-state index is 0.437. The van der Waals surface area contributed by atoms with Gasteiger partial charge in [0.1, 0.15) is 5.75 Å². The molecule has 5 heteroatoms. The monoisotopic (exact) mass is 331 g/mol. The second-order valence-electron chi connectivity index (χ2n) is 5.51. The van der Waals surface area contributed by atoms with E-state index >= 15 is 0 Å². The van der Waals surface area contributed by atoms with Crippen LogP contribution < -0.4 is 19.5 Å². The van der Waals surface area contributed by atoms with Crippen molar-refractivity contribution in [2.45, 2.75) is 19.6 Å². The molecule has 0 heterocycles. The lowest BCUT2D eigenvalue weighted by Crippen LogP contribution is -2.21. The van der Waals surface area contributed by atoms with E-state index in [1.807, 2.05) is 31.2 Å². The smallest absolute Gasteiger partial charge is 0.161 e. The van der Waals surface area contributed by atoms with Gasteiger partial charge >= 0.3 is 0 Å². The number of aliphatic hydroxyl groups excluding tert-OH is 1. The third-order valence-corrected chi connectivity index (χ3v) is 4.06. The minimum atomic E-state index is -0.629. The summed E-state index contributed by atoms with van der Waals surface area (Å²) in [4.78, 5) is 0. The summed E-state index contributed by atoms with van der Waals surface area (Å²) in [6, 6.07) is 11.4. The summed E-state index contributed by atoms with van der Waals surface area (Å²) in [5.41, 5.74) is 3.03. The molecule has 0 amide bonds. The first-order chi connectivity index (χ1) is 11.6. The highest BCUT2D eigenvalue weighted by Crippen LogP contribution is 2.29. The van der Waals surface area contributed by atoms with Crippen molar-refractivity contribution in [2.24, 2.45) is 0 Å². The average Bonchev–Trinajstić information content (AvgIpc) is 2.62. The molecule has 1 atom stereocenters. The SMILES string of the molecule is COc1ccc(C(O)CNCc2cccc(OC)c2C)cc1OC. The summed E-state index contributed by atoms with van der Waals surface area (Å²) in [5, 5.41) is 13.6. The van der Waals surface area contributed by atoms with E-state index in [9.17, 15) is 5.11 Å². The van der Waals surface area contributed by atoms with Crippen LogP contribution in [-0.2, 0) is 6.54 Å². The van der Waals surface area contributed by atoms with Crippen molar-refractivity contribution in [1.82, 2.24) is 5.32 Å². The Morgan fingerprint density at radius 3 is 2.33 bits per heavy atom. The Morgan fingerprint density at radius 2 is 1.67 bits per heavy atom. The maximum absolute atomic E-state index is 10.4. The maximum Gasteiger partial charge on any atom is 0.161 e. The van der Waals surface area contributed by atoms with Crippen LogP contribution in [0.1, 0.15) is 22.8 Å². The number of methoxy groups -OCH3 is 3. The van der Waals surface area contributed by atoms with Crippen LogP contribution in [0.25, 0.3) is 0 Å². The molecule has 0 saturated carbocycles. The normalized spacial score (nSPS) is 11.9. The Kier molecular flexibility index (Phi) is 6.46. The largest absolute Gasteiger partial charge is 0.496 e. The van der Waals surface area contributed by atoms with Gasteiger partial charge in [0.25, 0.3) is 0 Å². The number of aliphatic hydroxyl groups is 1. The Hall–Kier alpha value is -2.24. The first-order valence-electron chi connectivity index (χ1n) is 7.83. The number of hydrogen-bond donors (Lipinski definition) is 2. The van der Waals surface area contributed by atoms with Gasteiger partial charge in [0.05, 0.1) is 27.4 Å². The fourth-order valence-electron chi connectivity index (χ4n) is 2.59. The molecule has 2 aromatic rings. The lowest BCUT2D eigenvalue weighted by Gasteiger charge is -2.16. The van der Waals surface area contributed by atoms with Gasteiger partial charge in [0.15, 0.2) is 11.5 Å². The molecule has 24 heavy (non-hydrogen) atoms. The van der Waals surface area contributed by atoms with Crippen LogP contribution >= 0.6 is 0 Å². The Balaban J connectivity index is 1.97. The zero-order valence-corrected chi connectivity index (χ0v) is 14.6. The van der Waals surface area contributed by atoms with Gasteiger partial charge in [-0.2, -0.15) is 0 Å². The van der Waals surface area contributed by atoms with E-state index < -0.39 is 6.10 Å². The molecule has 0 aliphatic carbocycles. The van der Waals surface area contributed by atoms with E-state index in [2.05, 4.69) is 5.32 Å². The quantitative estimate of drug-likeness (QED) is 0.779. The van der Waals surface area contributed by atoms with Crippen LogP contribution in [0.4, 0.5) is 0 Å². The van der Waals surface area contributed by atoms with Crippen molar-refractivity contribution in [3.63, 3.8) is 0 Å². The van der Waals surface area contributed by atoms with Gasteiger partial charge in [-0.1, -0.05) is 18.2 Å². The molecular weight excluding hydrogens is 306 g/mol. The van der Waals surface area contributed by atoms with E-state index in [4.69, 9.17) is 14.2 Å². The number of nitrogens with one attached hydrogen (secondary N) is 1. The molecule has 0 spiro atoms. The van der Waals surface area contributed by atoms with Gasteiger partial charge in [0.2, 0.25) is 0 Å². The zero-order chi connectivity index (χ0) is 17.5. The van der Waals surface area contributed by atoms with Crippen molar-refractivity contribution < 1.29 is 19.3 Å². The molecular formula is C19H25NO4. The molecule has 0 radical (unpaired) electrons. The second-order valence-corrected chi connectivity index (χ2v) is 5.51. The van der Waals surface area contributed by atoms with Crippen molar-refractivity contribution in [2.75, 3.05) is 27.9 Å². The minimum Gasteiger partial charge on any atom is -0.496 e. The molecule has 130 valence electrons. The summed E-state index contributed by atoms with van der Waals surface area (Å²) >= 11 is 0. The van der Waals surface area contributed by atoms with Gasteiger partial charge in [-0.3, -0.25) is 0 Å². The van der Waals surface area contributed by atoms with Crippen molar-refractivity contribution in [1.29, 1.82) is 0 Å². The number of hydrogen-bond acceptors (Lipinski definition) is 5. The van der Waals surface area contributed by atoms with Crippen molar-refractivity contribution in [3.05, 3.63) is 53.1 Å². The molecule has 0 aromatic heterocycles. The molecule has 2 N–H and O–H groups in total. The number of ether oxygens (including phenoxy) is 3. The maximum atomic E-state index is 10.4. The van der Waals surface area contributed by atoms with Crippen LogP contribution in [0.2, 0.25) is 0 Å². The van der Waals surface area contributed by atoms with E-state index in [-0.39, 0.29) is 0 Å². The van der Waals surface area contributed by atoms with Gasteiger partial charge in [0, 0.05) is 13.1 Å². The predicted octanol–water partition coefficient (Wildman–Crippen LogP) is 2.84. The number of benzene rings is 2. The van der Waals surface area contributed by atoms with Crippen LogP contribution in [-0.4, -0.2) is 33.0 Å². The first kappa shape index (κ1) is 18.1. The summed E-state index contributed by atoms with van der Waals surface area (Å²) in [7, 11) is 4.84. The van der Waals surface area contributed by atoms with Crippen LogP contribution in [0.15, 0.2) is 36.4 Å². The van der Waals surface area contributed by atoms with Gasteiger partial charge in [-0.25, -0.2) is 0 Å². The Morgan fingerprint density at radius 1 is 0.958 bits per heavy atom. The topological polar surface area (TPSA) is 60.0 Å². The molecule has 0 saturated heterocycles. The zero-order valence-electron chi connectivity index (χ0n) is 14.6. The molecule has 2 aromatic carbocycles. The summed E-state index contributed by atoms with van der Waals surface area (Å²) in [5.74, 6) is 2.13. The third-order valence-electron chi connectivity index (χ3n) is 4.06. The van der Waals surface area contributed by atoms with E-state index in [1.165, 1.54) is 0 Å². The summed E-state index contributed by atoms with van der Waals surface area (Å²) in [6.45, 7) is 3.13. The molecule has 5 nitrogen and oxygen atoms in total. The molecule has 0 bridgehead atoms. The van der Waals surface area contributed by atoms with Crippen LogP contribution in [0.5, 0.6) is 17.2 Å². The second kappa shape index (κ2) is 8.57. The average molecular weight is 331 g/mol. The molecule has 1 unspecified atom stereocenters. The lowest BCUT2D eigenvalue weighted by molar-refractivity contribution is 0.173. The Bertz CT molecular complexity index is 672. The van der Waals surface area contributed by atoms with E-state index in [1.54, 1.807) is 33.5 Å². The molecule has 0 aliphatic rings. The first-order valence-corrected chi connectivity index (χ1v) is 7.83. The highest BCUT2D eigenvalue weighted by Gasteiger charge is 2.12.